The standard InChI is InChI=1S/C13H19NO2S/c1-3-10-4-5-13(6-10,12(15)16)7-11-8-17-9(2)14-11/h8,10H,3-7H2,1-2H3,(H,15,16). The van der Waals surface area contributed by atoms with Gasteiger partial charge in [0.25, 0.3) is 0 Å². The Hall–Kier alpha value is -0.900. The molecule has 1 aliphatic carbocycles. The van der Waals surface area contributed by atoms with Crippen molar-refractivity contribution in [3.63, 3.8) is 0 Å². The van der Waals surface area contributed by atoms with Crippen LogP contribution in [0.2, 0.25) is 0 Å². The second-order valence-electron chi connectivity index (χ2n) is 5.14. The van der Waals surface area contributed by atoms with Crippen molar-refractivity contribution in [2.45, 2.75) is 46.0 Å². The molecule has 1 aromatic heterocycles. The van der Waals surface area contributed by atoms with Crippen LogP contribution in [0.3, 0.4) is 0 Å². The molecule has 1 saturated carbocycles. The summed E-state index contributed by atoms with van der Waals surface area (Å²) in [4.78, 5) is 16.0. The van der Waals surface area contributed by atoms with Crippen molar-refractivity contribution in [2.75, 3.05) is 0 Å². The van der Waals surface area contributed by atoms with Crippen LogP contribution in [0.1, 0.15) is 43.3 Å². The number of aliphatic carboxylic acids is 1. The van der Waals surface area contributed by atoms with E-state index in [9.17, 15) is 9.90 Å². The number of nitrogens with zero attached hydrogens (tertiary/aromatic N) is 1. The maximum Gasteiger partial charge on any atom is 0.310 e. The summed E-state index contributed by atoms with van der Waals surface area (Å²) in [6.45, 7) is 4.11. The van der Waals surface area contributed by atoms with Gasteiger partial charge in [0.2, 0.25) is 0 Å². The molecule has 1 aliphatic rings. The molecule has 0 amide bonds. The molecule has 0 radical (unpaired) electrons. The zero-order valence-electron chi connectivity index (χ0n) is 10.4. The summed E-state index contributed by atoms with van der Waals surface area (Å²) in [5.74, 6) is -0.0649. The molecule has 1 N–H and O–H groups in total. The number of thiazole rings is 1. The van der Waals surface area contributed by atoms with E-state index in [1.807, 2.05) is 12.3 Å². The monoisotopic (exact) mass is 253 g/mol. The zero-order valence-corrected chi connectivity index (χ0v) is 11.2. The van der Waals surface area contributed by atoms with Crippen LogP contribution in [0.4, 0.5) is 0 Å². The van der Waals surface area contributed by atoms with Gasteiger partial charge in [0.15, 0.2) is 0 Å². The van der Waals surface area contributed by atoms with Crippen LogP contribution < -0.4 is 0 Å². The molecule has 0 spiro atoms. The molecule has 3 nitrogen and oxygen atoms in total. The molecule has 0 bridgehead atoms. The lowest BCUT2D eigenvalue weighted by Crippen LogP contribution is -2.31. The fraction of sp³-hybridized carbons (Fsp3) is 0.692. The number of carbonyl (C=O) groups is 1. The number of aryl methyl sites for hydroxylation is 1. The molecule has 0 saturated heterocycles. The number of rotatable bonds is 4. The number of carboxylic acids is 1. The molecule has 2 rings (SSSR count). The van der Waals surface area contributed by atoms with Crippen molar-refractivity contribution in [3.8, 4) is 0 Å². The molecule has 1 aromatic rings. The SMILES string of the molecule is CCC1CCC(Cc2csc(C)n2)(C(=O)O)C1. The fourth-order valence-corrected chi connectivity index (χ4v) is 3.46. The molecule has 0 aliphatic heterocycles. The van der Waals surface area contributed by atoms with Crippen molar-refractivity contribution in [2.24, 2.45) is 11.3 Å². The average molecular weight is 253 g/mol. The second kappa shape index (κ2) is 4.77. The molecule has 4 heteroatoms. The number of hydrogen-bond donors (Lipinski definition) is 1. The molecule has 2 unspecified atom stereocenters. The lowest BCUT2D eigenvalue weighted by Gasteiger charge is -2.23. The Morgan fingerprint density at radius 1 is 1.71 bits per heavy atom. The Balaban J connectivity index is 2.16. The van der Waals surface area contributed by atoms with Gasteiger partial charge in [-0.3, -0.25) is 4.79 Å². The Morgan fingerprint density at radius 2 is 2.47 bits per heavy atom. The van der Waals surface area contributed by atoms with Crippen molar-refractivity contribution in [1.29, 1.82) is 0 Å². The number of aromatic nitrogens is 1. The van der Waals surface area contributed by atoms with Crippen LogP contribution in [-0.4, -0.2) is 16.1 Å². The Kier molecular flexibility index (Phi) is 3.52. The topological polar surface area (TPSA) is 50.2 Å². The summed E-state index contributed by atoms with van der Waals surface area (Å²) >= 11 is 1.60. The molecular weight excluding hydrogens is 234 g/mol. The van der Waals surface area contributed by atoms with Gasteiger partial charge in [-0.15, -0.1) is 11.3 Å². The minimum absolute atomic E-state index is 0.554. The quantitative estimate of drug-likeness (QED) is 0.896. The Bertz CT molecular complexity index is 415. The van der Waals surface area contributed by atoms with Crippen LogP contribution in [0.5, 0.6) is 0 Å². The lowest BCUT2D eigenvalue weighted by molar-refractivity contribution is -0.148. The minimum Gasteiger partial charge on any atom is -0.481 e. The van der Waals surface area contributed by atoms with E-state index in [1.54, 1.807) is 11.3 Å². The first kappa shape index (κ1) is 12.6. The summed E-state index contributed by atoms with van der Waals surface area (Å²) in [7, 11) is 0. The zero-order chi connectivity index (χ0) is 12.5. The first-order valence-electron chi connectivity index (χ1n) is 6.20. The van der Waals surface area contributed by atoms with Crippen LogP contribution in [-0.2, 0) is 11.2 Å². The van der Waals surface area contributed by atoms with Gasteiger partial charge in [0.1, 0.15) is 0 Å². The summed E-state index contributed by atoms with van der Waals surface area (Å²) in [6.07, 6.45) is 4.35. The van der Waals surface area contributed by atoms with Crippen LogP contribution in [0, 0.1) is 18.3 Å². The van der Waals surface area contributed by atoms with Gasteiger partial charge in [0.05, 0.1) is 16.1 Å². The van der Waals surface area contributed by atoms with Crippen molar-refractivity contribution in [3.05, 3.63) is 16.1 Å². The molecular formula is C13H19NO2S. The highest BCUT2D eigenvalue weighted by Crippen LogP contribution is 2.45. The van der Waals surface area contributed by atoms with Crippen LogP contribution >= 0.6 is 11.3 Å². The summed E-state index contributed by atoms with van der Waals surface area (Å²) in [5.41, 5.74) is 0.396. The average Bonchev–Trinajstić information content (AvgIpc) is 2.87. The Labute approximate surface area is 106 Å². The van der Waals surface area contributed by atoms with E-state index in [1.165, 1.54) is 0 Å². The largest absolute Gasteiger partial charge is 0.481 e. The highest BCUT2D eigenvalue weighted by atomic mass is 32.1. The molecule has 94 valence electrons. The van der Waals surface area contributed by atoms with E-state index in [0.29, 0.717) is 12.3 Å². The normalized spacial score (nSPS) is 28.5. The van der Waals surface area contributed by atoms with Crippen molar-refractivity contribution >= 4 is 17.3 Å². The van der Waals surface area contributed by atoms with Gasteiger partial charge in [-0.25, -0.2) is 4.98 Å². The predicted molar refractivity (Wildman–Crippen MR) is 68.3 cm³/mol. The van der Waals surface area contributed by atoms with E-state index in [-0.39, 0.29) is 0 Å². The third kappa shape index (κ3) is 2.51. The van der Waals surface area contributed by atoms with Gasteiger partial charge in [-0.2, -0.15) is 0 Å². The summed E-state index contributed by atoms with van der Waals surface area (Å²) in [5, 5.41) is 12.5. The highest BCUT2D eigenvalue weighted by Gasteiger charge is 2.45. The first-order valence-corrected chi connectivity index (χ1v) is 7.08. The molecule has 2 atom stereocenters. The van der Waals surface area contributed by atoms with E-state index in [0.717, 1.165) is 36.4 Å². The van der Waals surface area contributed by atoms with Crippen LogP contribution in [0.15, 0.2) is 5.38 Å². The fourth-order valence-electron chi connectivity index (χ4n) is 2.85. The smallest absolute Gasteiger partial charge is 0.310 e. The Morgan fingerprint density at radius 3 is 2.94 bits per heavy atom. The van der Waals surface area contributed by atoms with E-state index in [4.69, 9.17) is 0 Å². The first-order chi connectivity index (χ1) is 8.05. The van der Waals surface area contributed by atoms with Crippen molar-refractivity contribution < 1.29 is 9.90 Å². The van der Waals surface area contributed by atoms with Gasteiger partial charge in [-0.05, 0) is 32.1 Å². The van der Waals surface area contributed by atoms with Gasteiger partial charge >= 0.3 is 5.97 Å². The maximum atomic E-state index is 11.6. The third-order valence-electron chi connectivity index (χ3n) is 3.93. The number of carboxylic acid groups (broad SMARTS) is 1. The molecule has 1 fully saturated rings. The minimum atomic E-state index is -0.640. The lowest BCUT2D eigenvalue weighted by atomic mass is 9.80. The van der Waals surface area contributed by atoms with Gasteiger partial charge in [-0.1, -0.05) is 13.3 Å². The number of hydrogen-bond acceptors (Lipinski definition) is 3. The summed E-state index contributed by atoms with van der Waals surface area (Å²) < 4.78 is 0. The van der Waals surface area contributed by atoms with Gasteiger partial charge in [0, 0.05) is 11.8 Å². The third-order valence-corrected chi connectivity index (χ3v) is 4.75. The summed E-state index contributed by atoms with van der Waals surface area (Å²) in [6, 6.07) is 0. The second-order valence-corrected chi connectivity index (χ2v) is 6.20. The van der Waals surface area contributed by atoms with E-state index < -0.39 is 11.4 Å². The van der Waals surface area contributed by atoms with E-state index in [2.05, 4.69) is 11.9 Å². The molecule has 0 aromatic carbocycles. The molecule has 1 heterocycles. The van der Waals surface area contributed by atoms with E-state index >= 15 is 0 Å². The molecule has 17 heavy (non-hydrogen) atoms. The van der Waals surface area contributed by atoms with Crippen LogP contribution in [0.25, 0.3) is 0 Å². The van der Waals surface area contributed by atoms with Crippen molar-refractivity contribution in [1.82, 2.24) is 4.98 Å². The van der Waals surface area contributed by atoms with Gasteiger partial charge < -0.3 is 5.11 Å². The highest BCUT2D eigenvalue weighted by molar-refractivity contribution is 7.09. The predicted octanol–water partition coefficient (Wildman–Crippen LogP) is 3.28. The maximum absolute atomic E-state index is 11.6.